The molecule has 0 aliphatic carbocycles. The van der Waals surface area contributed by atoms with E-state index in [9.17, 15) is 22.8 Å². The van der Waals surface area contributed by atoms with Crippen molar-refractivity contribution in [3.63, 3.8) is 0 Å². The number of aryl methyl sites for hydroxylation is 1. The molecule has 0 bridgehead atoms. The minimum Gasteiger partial charge on any atom is -0.323 e. The molecule has 1 aliphatic heterocycles. The summed E-state index contributed by atoms with van der Waals surface area (Å²) < 4.78 is 40.0. The summed E-state index contributed by atoms with van der Waals surface area (Å²) >= 11 is 0. The highest BCUT2D eigenvalue weighted by Gasteiger charge is 2.36. The van der Waals surface area contributed by atoms with E-state index in [1.54, 1.807) is 0 Å². The van der Waals surface area contributed by atoms with Gasteiger partial charge in [-0.25, -0.2) is 13.2 Å². The third-order valence-corrected chi connectivity index (χ3v) is 4.45. The van der Waals surface area contributed by atoms with Crippen LogP contribution in [0.25, 0.3) is 0 Å². The Bertz CT molecular complexity index is 870. The first kappa shape index (κ1) is 18.0. The zero-order valence-corrected chi connectivity index (χ0v) is 14.1. The van der Waals surface area contributed by atoms with Crippen molar-refractivity contribution in [3.8, 4) is 0 Å². The van der Waals surface area contributed by atoms with Crippen molar-refractivity contribution in [2.75, 3.05) is 16.8 Å². The molecule has 2 amide bonds. The normalized spacial score (nSPS) is 16.8. The highest BCUT2D eigenvalue weighted by Crippen LogP contribution is 2.29. The van der Waals surface area contributed by atoms with Gasteiger partial charge in [-0.2, -0.15) is 0 Å². The van der Waals surface area contributed by atoms with Crippen LogP contribution in [0.4, 0.5) is 24.5 Å². The van der Waals surface area contributed by atoms with Gasteiger partial charge in [0.05, 0.1) is 11.6 Å². The molecule has 1 saturated heterocycles. The Kier molecular flexibility index (Phi) is 4.97. The zero-order valence-electron chi connectivity index (χ0n) is 14.1. The number of hydrogen-bond acceptors (Lipinski definition) is 2. The molecule has 0 saturated carbocycles. The van der Waals surface area contributed by atoms with Gasteiger partial charge in [-0.15, -0.1) is 0 Å². The molecule has 1 atom stereocenters. The van der Waals surface area contributed by atoms with E-state index < -0.39 is 35.0 Å². The van der Waals surface area contributed by atoms with E-state index in [-0.39, 0.29) is 18.9 Å². The molecule has 1 aliphatic rings. The Hall–Kier alpha value is -2.83. The molecule has 2 aromatic rings. The van der Waals surface area contributed by atoms with Gasteiger partial charge in [0, 0.05) is 18.7 Å². The van der Waals surface area contributed by atoms with Crippen molar-refractivity contribution in [2.45, 2.75) is 19.8 Å². The number of para-hydroxylation sites is 1. The maximum absolute atomic E-state index is 13.7. The van der Waals surface area contributed by atoms with Gasteiger partial charge in [0.15, 0.2) is 17.5 Å². The van der Waals surface area contributed by atoms with Crippen molar-refractivity contribution >= 4 is 23.2 Å². The first-order chi connectivity index (χ1) is 12.4. The van der Waals surface area contributed by atoms with Crippen molar-refractivity contribution in [1.82, 2.24) is 0 Å². The third-order valence-electron chi connectivity index (χ3n) is 4.45. The molecule has 1 unspecified atom stereocenters. The Balaban J connectivity index is 1.76. The summed E-state index contributed by atoms with van der Waals surface area (Å²) in [5.41, 5.74) is 1.27. The summed E-state index contributed by atoms with van der Waals surface area (Å²) in [6, 6.07) is 9.09. The molecule has 0 aromatic heterocycles. The maximum Gasteiger partial charge on any atom is 0.229 e. The molecule has 26 heavy (non-hydrogen) atoms. The van der Waals surface area contributed by atoms with Crippen LogP contribution in [-0.4, -0.2) is 18.4 Å². The molecular formula is C19H17F3N2O2. The third kappa shape index (κ3) is 3.29. The van der Waals surface area contributed by atoms with E-state index in [0.717, 1.165) is 29.8 Å². The maximum atomic E-state index is 13.7. The largest absolute Gasteiger partial charge is 0.323 e. The minimum atomic E-state index is -1.65. The zero-order chi connectivity index (χ0) is 18.8. The van der Waals surface area contributed by atoms with Crippen LogP contribution in [0.1, 0.15) is 18.9 Å². The van der Waals surface area contributed by atoms with Crippen LogP contribution in [0.2, 0.25) is 0 Å². The summed E-state index contributed by atoms with van der Waals surface area (Å²) in [5, 5.41) is 2.24. The lowest BCUT2D eigenvalue weighted by atomic mass is 10.1. The second kappa shape index (κ2) is 7.19. The standard InChI is InChI=1S/C19H17F3N2O2/c1-2-11-5-3-4-6-15(11)24-10-12(9-16(24)25)19(26)23-14-8-7-13(20)17(21)18(14)22/h3-8,12H,2,9-10H2,1H3,(H,23,26). The highest BCUT2D eigenvalue weighted by molar-refractivity contribution is 6.03. The first-order valence-electron chi connectivity index (χ1n) is 8.25. The van der Waals surface area contributed by atoms with Crippen LogP contribution in [0.3, 0.4) is 0 Å². The topological polar surface area (TPSA) is 49.4 Å². The quantitative estimate of drug-likeness (QED) is 0.844. The number of carbonyl (C=O) groups is 2. The number of amides is 2. The summed E-state index contributed by atoms with van der Waals surface area (Å²) in [5.74, 6) is -5.98. The fraction of sp³-hybridized carbons (Fsp3) is 0.263. The van der Waals surface area contributed by atoms with E-state index in [1.807, 2.05) is 31.2 Å². The van der Waals surface area contributed by atoms with Crippen LogP contribution >= 0.6 is 0 Å². The molecule has 136 valence electrons. The molecular weight excluding hydrogens is 345 g/mol. The van der Waals surface area contributed by atoms with Crippen molar-refractivity contribution in [3.05, 3.63) is 59.4 Å². The Morgan fingerprint density at radius 3 is 2.62 bits per heavy atom. The van der Waals surface area contributed by atoms with Gasteiger partial charge < -0.3 is 10.2 Å². The fourth-order valence-electron chi connectivity index (χ4n) is 3.05. The number of benzene rings is 2. The number of nitrogens with one attached hydrogen (secondary N) is 1. The molecule has 1 heterocycles. The number of rotatable bonds is 4. The van der Waals surface area contributed by atoms with Crippen molar-refractivity contribution in [2.24, 2.45) is 5.92 Å². The molecule has 2 aromatic carbocycles. The van der Waals surface area contributed by atoms with Crippen molar-refractivity contribution in [1.29, 1.82) is 0 Å². The highest BCUT2D eigenvalue weighted by atomic mass is 19.2. The average molecular weight is 362 g/mol. The molecule has 7 heteroatoms. The predicted molar refractivity (Wildman–Crippen MR) is 91.2 cm³/mol. The molecule has 3 rings (SSSR count). The summed E-state index contributed by atoms with van der Waals surface area (Å²) in [6.45, 7) is 2.11. The van der Waals surface area contributed by atoms with Gasteiger partial charge in [0.1, 0.15) is 0 Å². The van der Waals surface area contributed by atoms with Crippen molar-refractivity contribution < 1.29 is 22.8 Å². The lowest BCUT2D eigenvalue weighted by molar-refractivity contribution is -0.122. The van der Waals surface area contributed by atoms with Gasteiger partial charge in [-0.1, -0.05) is 25.1 Å². The van der Waals surface area contributed by atoms with Crippen LogP contribution in [0.5, 0.6) is 0 Å². The summed E-state index contributed by atoms with van der Waals surface area (Å²) in [4.78, 5) is 26.2. The van der Waals surface area contributed by atoms with E-state index in [2.05, 4.69) is 5.32 Å². The molecule has 0 radical (unpaired) electrons. The van der Waals surface area contributed by atoms with Gasteiger partial charge in [0.2, 0.25) is 11.8 Å². The Morgan fingerprint density at radius 2 is 1.88 bits per heavy atom. The SMILES string of the molecule is CCc1ccccc1N1CC(C(=O)Nc2ccc(F)c(F)c2F)CC1=O. The van der Waals surface area contributed by atoms with Crippen LogP contribution in [-0.2, 0) is 16.0 Å². The van der Waals surface area contributed by atoms with Crippen LogP contribution in [0, 0.1) is 23.4 Å². The second-order valence-electron chi connectivity index (χ2n) is 6.10. The van der Waals surface area contributed by atoms with Gasteiger partial charge in [-0.3, -0.25) is 9.59 Å². The van der Waals surface area contributed by atoms with Gasteiger partial charge >= 0.3 is 0 Å². The van der Waals surface area contributed by atoms with Crippen LogP contribution in [0.15, 0.2) is 36.4 Å². The molecule has 0 spiro atoms. The number of carbonyl (C=O) groups excluding carboxylic acids is 2. The lowest BCUT2D eigenvalue weighted by Gasteiger charge is -2.20. The minimum absolute atomic E-state index is 0.0326. The monoisotopic (exact) mass is 362 g/mol. The van der Waals surface area contributed by atoms with Gasteiger partial charge in [0.25, 0.3) is 0 Å². The van der Waals surface area contributed by atoms with E-state index in [4.69, 9.17) is 0 Å². The summed E-state index contributed by atoms with van der Waals surface area (Å²) in [7, 11) is 0. The first-order valence-corrected chi connectivity index (χ1v) is 8.25. The fourth-order valence-corrected chi connectivity index (χ4v) is 3.05. The lowest BCUT2D eigenvalue weighted by Crippen LogP contribution is -2.29. The van der Waals surface area contributed by atoms with Crippen LogP contribution < -0.4 is 10.2 Å². The van der Waals surface area contributed by atoms with E-state index in [0.29, 0.717) is 0 Å². The second-order valence-corrected chi connectivity index (χ2v) is 6.10. The smallest absolute Gasteiger partial charge is 0.229 e. The number of anilines is 2. The van der Waals surface area contributed by atoms with Gasteiger partial charge in [-0.05, 0) is 30.2 Å². The predicted octanol–water partition coefficient (Wildman–Crippen LogP) is 3.66. The van der Waals surface area contributed by atoms with E-state index in [1.165, 1.54) is 4.90 Å². The molecule has 1 fully saturated rings. The average Bonchev–Trinajstić information content (AvgIpc) is 3.03. The number of halogens is 3. The summed E-state index contributed by atoms with van der Waals surface area (Å²) in [6.07, 6.45) is 0.700. The van der Waals surface area contributed by atoms with E-state index >= 15 is 0 Å². The molecule has 4 nitrogen and oxygen atoms in total. The number of hydrogen-bond donors (Lipinski definition) is 1. The Labute approximate surface area is 148 Å². The number of nitrogens with zero attached hydrogens (tertiary/aromatic N) is 1. The Morgan fingerprint density at radius 1 is 1.15 bits per heavy atom. The molecule has 1 N–H and O–H groups in total.